The first-order valence-electron chi connectivity index (χ1n) is 7.17. The molecule has 1 atom stereocenters. The van der Waals surface area contributed by atoms with Crippen LogP contribution in [0.3, 0.4) is 0 Å². The van der Waals surface area contributed by atoms with Crippen LogP contribution < -0.4 is 15.2 Å². The largest absolute Gasteiger partial charge is 0.493 e. The topological polar surface area (TPSA) is 44.5 Å². The van der Waals surface area contributed by atoms with E-state index in [-0.39, 0.29) is 6.04 Å². The van der Waals surface area contributed by atoms with Gasteiger partial charge in [0.1, 0.15) is 5.75 Å². The second-order valence-electron chi connectivity index (χ2n) is 5.53. The molecular weight excluding hydrogens is 262 g/mol. The lowest BCUT2D eigenvalue weighted by Crippen LogP contribution is -2.18. The molecule has 21 heavy (non-hydrogen) atoms. The van der Waals surface area contributed by atoms with Crippen molar-refractivity contribution >= 4 is 0 Å². The van der Waals surface area contributed by atoms with Crippen LogP contribution in [0.5, 0.6) is 17.2 Å². The summed E-state index contributed by atoms with van der Waals surface area (Å²) in [6.07, 6.45) is 0.875. The minimum Gasteiger partial charge on any atom is -0.493 e. The van der Waals surface area contributed by atoms with Crippen molar-refractivity contribution in [2.75, 3.05) is 7.11 Å². The number of aryl methyl sites for hydroxylation is 2. The van der Waals surface area contributed by atoms with Crippen molar-refractivity contribution in [3.63, 3.8) is 0 Å². The number of ether oxygens (including phenoxy) is 2. The maximum Gasteiger partial charge on any atom is 0.169 e. The summed E-state index contributed by atoms with van der Waals surface area (Å²) in [6.45, 7) is 6.12. The van der Waals surface area contributed by atoms with Gasteiger partial charge in [-0.25, -0.2) is 0 Å². The van der Waals surface area contributed by atoms with Crippen LogP contribution in [0, 0.1) is 13.8 Å². The fourth-order valence-electron chi connectivity index (χ4n) is 2.29. The van der Waals surface area contributed by atoms with Crippen LogP contribution in [0.25, 0.3) is 0 Å². The van der Waals surface area contributed by atoms with Crippen LogP contribution in [-0.2, 0) is 6.42 Å². The molecule has 0 aliphatic heterocycles. The van der Waals surface area contributed by atoms with Crippen molar-refractivity contribution in [2.24, 2.45) is 5.73 Å². The van der Waals surface area contributed by atoms with E-state index in [1.807, 2.05) is 44.2 Å². The number of nitrogens with two attached hydrogens (primary N) is 1. The molecule has 0 aliphatic rings. The predicted octanol–water partition coefficient (Wildman–Crippen LogP) is 3.99. The van der Waals surface area contributed by atoms with Crippen molar-refractivity contribution in [2.45, 2.75) is 33.2 Å². The van der Waals surface area contributed by atoms with Crippen LogP contribution >= 0.6 is 0 Å². The van der Waals surface area contributed by atoms with Crippen LogP contribution in [0.15, 0.2) is 36.4 Å². The Morgan fingerprint density at radius 2 is 1.81 bits per heavy atom. The second kappa shape index (κ2) is 6.64. The van der Waals surface area contributed by atoms with E-state index in [4.69, 9.17) is 15.2 Å². The molecule has 0 bridgehead atoms. The Bertz CT molecular complexity index is 621. The zero-order valence-corrected chi connectivity index (χ0v) is 13.1. The fourth-order valence-corrected chi connectivity index (χ4v) is 2.29. The third-order valence-corrected chi connectivity index (χ3v) is 3.40. The third-order valence-electron chi connectivity index (χ3n) is 3.40. The van der Waals surface area contributed by atoms with Gasteiger partial charge < -0.3 is 15.2 Å². The molecule has 2 aromatic carbocycles. The highest BCUT2D eigenvalue weighted by molar-refractivity contribution is 5.46. The van der Waals surface area contributed by atoms with E-state index in [9.17, 15) is 0 Å². The van der Waals surface area contributed by atoms with Crippen molar-refractivity contribution < 1.29 is 9.47 Å². The smallest absolute Gasteiger partial charge is 0.169 e. The van der Waals surface area contributed by atoms with Gasteiger partial charge in [-0.15, -0.1) is 0 Å². The number of benzene rings is 2. The molecule has 112 valence electrons. The fraction of sp³-hybridized carbons (Fsp3) is 0.333. The third kappa shape index (κ3) is 3.99. The summed E-state index contributed by atoms with van der Waals surface area (Å²) in [5, 5.41) is 0. The van der Waals surface area contributed by atoms with Crippen molar-refractivity contribution in [1.29, 1.82) is 0 Å². The number of rotatable bonds is 5. The zero-order chi connectivity index (χ0) is 15.4. The van der Waals surface area contributed by atoms with Crippen molar-refractivity contribution in [3.05, 3.63) is 53.1 Å². The molecule has 0 aliphatic carbocycles. The Labute approximate surface area is 126 Å². The molecule has 0 saturated heterocycles. The molecule has 0 radical (unpaired) electrons. The summed E-state index contributed by atoms with van der Waals surface area (Å²) < 4.78 is 11.3. The summed E-state index contributed by atoms with van der Waals surface area (Å²) in [4.78, 5) is 0. The maximum absolute atomic E-state index is 5.94. The Balaban J connectivity index is 2.22. The highest BCUT2D eigenvalue weighted by atomic mass is 16.5. The van der Waals surface area contributed by atoms with E-state index in [2.05, 4.69) is 13.0 Å². The molecule has 0 heterocycles. The molecule has 2 aromatic rings. The van der Waals surface area contributed by atoms with Gasteiger partial charge in [-0.3, -0.25) is 0 Å². The van der Waals surface area contributed by atoms with E-state index >= 15 is 0 Å². The highest BCUT2D eigenvalue weighted by Gasteiger charge is 2.08. The summed E-state index contributed by atoms with van der Waals surface area (Å²) in [7, 11) is 1.65. The van der Waals surface area contributed by atoms with E-state index in [1.54, 1.807) is 7.11 Å². The molecule has 2 rings (SSSR count). The van der Waals surface area contributed by atoms with Crippen LogP contribution in [0.2, 0.25) is 0 Å². The molecule has 0 aromatic heterocycles. The average molecular weight is 285 g/mol. The zero-order valence-electron chi connectivity index (χ0n) is 13.1. The van der Waals surface area contributed by atoms with Gasteiger partial charge in [0.2, 0.25) is 0 Å². The minimum atomic E-state index is 0.160. The second-order valence-corrected chi connectivity index (χ2v) is 5.53. The quantitative estimate of drug-likeness (QED) is 0.903. The lowest BCUT2D eigenvalue weighted by Gasteiger charge is -2.13. The molecular formula is C18H23NO2. The van der Waals surface area contributed by atoms with Gasteiger partial charge in [-0.05, 0) is 68.1 Å². The molecule has 0 fully saturated rings. The first kappa shape index (κ1) is 15.4. The van der Waals surface area contributed by atoms with Gasteiger partial charge in [0.05, 0.1) is 7.11 Å². The molecule has 0 spiro atoms. The lowest BCUT2D eigenvalue weighted by molar-refractivity contribution is 0.378. The first-order valence-corrected chi connectivity index (χ1v) is 7.17. The highest BCUT2D eigenvalue weighted by Crippen LogP contribution is 2.32. The standard InChI is InChI=1S/C18H23NO2/c1-12-5-8-17(18(9-12)20-4)21-16-7-6-15(11-14(3)19)13(2)10-16/h5-10,14H,11,19H2,1-4H3. The molecule has 0 amide bonds. The van der Waals surface area contributed by atoms with E-state index < -0.39 is 0 Å². The molecule has 3 heteroatoms. The molecule has 2 N–H and O–H groups in total. The van der Waals surface area contributed by atoms with Gasteiger partial charge in [0, 0.05) is 6.04 Å². The number of methoxy groups -OCH3 is 1. The summed E-state index contributed by atoms with van der Waals surface area (Å²) in [6, 6.07) is 12.2. The van der Waals surface area contributed by atoms with Crippen LogP contribution in [-0.4, -0.2) is 13.2 Å². The monoisotopic (exact) mass is 285 g/mol. The Hall–Kier alpha value is -2.00. The summed E-state index contributed by atoms with van der Waals surface area (Å²) >= 11 is 0. The first-order chi connectivity index (χ1) is 9.99. The molecule has 1 unspecified atom stereocenters. The van der Waals surface area contributed by atoms with Crippen LogP contribution in [0.1, 0.15) is 23.6 Å². The predicted molar refractivity (Wildman–Crippen MR) is 86.3 cm³/mol. The van der Waals surface area contributed by atoms with Crippen molar-refractivity contribution in [3.8, 4) is 17.2 Å². The Morgan fingerprint density at radius 3 is 2.43 bits per heavy atom. The van der Waals surface area contributed by atoms with Crippen LogP contribution in [0.4, 0.5) is 0 Å². The Morgan fingerprint density at radius 1 is 1.05 bits per heavy atom. The number of hydrogen-bond acceptors (Lipinski definition) is 3. The van der Waals surface area contributed by atoms with E-state index in [1.165, 1.54) is 11.1 Å². The molecule has 0 saturated carbocycles. The summed E-state index contributed by atoms with van der Waals surface area (Å²) in [5.74, 6) is 2.28. The van der Waals surface area contributed by atoms with Gasteiger partial charge in [-0.1, -0.05) is 12.1 Å². The minimum absolute atomic E-state index is 0.160. The maximum atomic E-state index is 5.94. The molecule has 3 nitrogen and oxygen atoms in total. The lowest BCUT2D eigenvalue weighted by atomic mass is 10.0. The normalized spacial score (nSPS) is 12.0. The Kier molecular flexibility index (Phi) is 4.86. The van der Waals surface area contributed by atoms with E-state index in [0.717, 1.165) is 29.2 Å². The van der Waals surface area contributed by atoms with Gasteiger partial charge in [-0.2, -0.15) is 0 Å². The average Bonchev–Trinajstić information content (AvgIpc) is 2.43. The van der Waals surface area contributed by atoms with Gasteiger partial charge in [0.25, 0.3) is 0 Å². The SMILES string of the molecule is COc1cc(C)ccc1Oc1ccc(CC(C)N)c(C)c1. The number of hydrogen-bond donors (Lipinski definition) is 1. The van der Waals surface area contributed by atoms with Crippen molar-refractivity contribution in [1.82, 2.24) is 0 Å². The van der Waals surface area contributed by atoms with Gasteiger partial charge in [0.15, 0.2) is 11.5 Å². The van der Waals surface area contributed by atoms with Gasteiger partial charge >= 0.3 is 0 Å². The summed E-state index contributed by atoms with van der Waals surface area (Å²) in [5.41, 5.74) is 9.45. The van der Waals surface area contributed by atoms with E-state index in [0.29, 0.717) is 0 Å².